The molecule has 144 valence electrons. The maximum absolute atomic E-state index is 12.9. The third-order valence-electron chi connectivity index (χ3n) is 5.31. The van der Waals surface area contributed by atoms with Crippen LogP contribution in [0.2, 0.25) is 0 Å². The Hall–Kier alpha value is -2.35. The van der Waals surface area contributed by atoms with Crippen molar-refractivity contribution in [2.45, 2.75) is 38.1 Å². The number of rotatable bonds is 4. The van der Waals surface area contributed by atoms with E-state index in [2.05, 4.69) is 10.4 Å². The molecule has 2 heterocycles. The quantitative estimate of drug-likeness (QED) is 0.867. The molecule has 0 spiro atoms. The van der Waals surface area contributed by atoms with E-state index < -0.39 is 9.84 Å². The normalized spacial score (nSPS) is 20.9. The summed E-state index contributed by atoms with van der Waals surface area (Å²) in [4.78, 5) is 12.9. The lowest BCUT2D eigenvalue weighted by molar-refractivity contribution is 0.102. The van der Waals surface area contributed by atoms with Crippen LogP contribution in [0.1, 0.15) is 47.1 Å². The number of nitrogens with one attached hydrogen (secondary N) is 1. The van der Waals surface area contributed by atoms with Crippen molar-refractivity contribution in [1.82, 2.24) is 9.78 Å². The van der Waals surface area contributed by atoms with Gasteiger partial charge >= 0.3 is 0 Å². The van der Waals surface area contributed by atoms with Crippen molar-refractivity contribution in [3.63, 3.8) is 0 Å². The minimum atomic E-state index is -3.01. The third kappa shape index (κ3) is 3.58. The van der Waals surface area contributed by atoms with Crippen LogP contribution in [-0.4, -0.2) is 42.7 Å². The SMILES string of the molecule is COc1cccc(NC(=O)c2nn(C3CCS(=O)(=O)C3)c3c2CCCC3)c1. The Balaban J connectivity index is 1.65. The Morgan fingerprint density at radius 2 is 2.11 bits per heavy atom. The molecule has 1 fully saturated rings. The van der Waals surface area contributed by atoms with Crippen molar-refractivity contribution in [2.75, 3.05) is 23.9 Å². The summed E-state index contributed by atoms with van der Waals surface area (Å²) in [5.41, 5.74) is 3.05. The molecule has 1 amide bonds. The van der Waals surface area contributed by atoms with Gasteiger partial charge in [0.2, 0.25) is 0 Å². The zero-order chi connectivity index (χ0) is 19.0. The number of methoxy groups -OCH3 is 1. The predicted octanol–water partition coefficient (Wildman–Crippen LogP) is 2.38. The molecule has 0 bridgehead atoms. The number of hydrogen-bond donors (Lipinski definition) is 1. The van der Waals surface area contributed by atoms with Gasteiger partial charge in [-0.3, -0.25) is 9.48 Å². The Morgan fingerprint density at radius 3 is 2.85 bits per heavy atom. The van der Waals surface area contributed by atoms with E-state index in [1.807, 2.05) is 16.8 Å². The van der Waals surface area contributed by atoms with E-state index in [1.54, 1.807) is 19.2 Å². The fourth-order valence-electron chi connectivity index (χ4n) is 3.97. The fourth-order valence-corrected chi connectivity index (χ4v) is 5.66. The topological polar surface area (TPSA) is 90.3 Å². The second-order valence-electron chi connectivity index (χ2n) is 7.17. The Morgan fingerprint density at radius 1 is 1.30 bits per heavy atom. The first-order chi connectivity index (χ1) is 13.0. The molecule has 1 unspecified atom stereocenters. The summed E-state index contributed by atoms with van der Waals surface area (Å²) in [5.74, 6) is 0.702. The van der Waals surface area contributed by atoms with Gasteiger partial charge in [0.05, 0.1) is 24.7 Å². The van der Waals surface area contributed by atoms with E-state index in [0.29, 0.717) is 23.6 Å². The van der Waals surface area contributed by atoms with Crippen LogP contribution in [0.5, 0.6) is 5.75 Å². The lowest BCUT2D eigenvalue weighted by Crippen LogP contribution is -2.17. The molecule has 1 atom stereocenters. The zero-order valence-electron chi connectivity index (χ0n) is 15.3. The van der Waals surface area contributed by atoms with Crippen molar-refractivity contribution in [1.29, 1.82) is 0 Å². The smallest absolute Gasteiger partial charge is 0.276 e. The fraction of sp³-hybridized carbons (Fsp3) is 0.474. The largest absolute Gasteiger partial charge is 0.497 e. The highest BCUT2D eigenvalue weighted by Crippen LogP contribution is 2.31. The van der Waals surface area contributed by atoms with Crippen LogP contribution < -0.4 is 10.1 Å². The van der Waals surface area contributed by atoms with Crippen molar-refractivity contribution in [2.24, 2.45) is 0 Å². The molecule has 7 nitrogen and oxygen atoms in total. The van der Waals surface area contributed by atoms with Gasteiger partial charge in [0.15, 0.2) is 15.5 Å². The molecule has 0 radical (unpaired) electrons. The third-order valence-corrected chi connectivity index (χ3v) is 7.06. The van der Waals surface area contributed by atoms with E-state index in [4.69, 9.17) is 4.74 Å². The Bertz CT molecular complexity index is 981. The van der Waals surface area contributed by atoms with Gasteiger partial charge in [0, 0.05) is 23.0 Å². The summed E-state index contributed by atoms with van der Waals surface area (Å²) >= 11 is 0. The first kappa shape index (κ1) is 18.0. The average Bonchev–Trinajstić information content (AvgIpc) is 3.22. The number of ether oxygens (including phenoxy) is 1. The number of nitrogens with zero attached hydrogens (tertiary/aromatic N) is 2. The van der Waals surface area contributed by atoms with Crippen molar-refractivity contribution in [3.05, 3.63) is 41.2 Å². The van der Waals surface area contributed by atoms with Gasteiger partial charge in [-0.15, -0.1) is 0 Å². The van der Waals surface area contributed by atoms with Crippen LogP contribution in [0.15, 0.2) is 24.3 Å². The first-order valence-corrected chi connectivity index (χ1v) is 11.0. The van der Waals surface area contributed by atoms with Gasteiger partial charge in [-0.1, -0.05) is 6.07 Å². The van der Waals surface area contributed by atoms with E-state index in [-0.39, 0.29) is 23.5 Å². The predicted molar refractivity (Wildman–Crippen MR) is 102 cm³/mol. The van der Waals surface area contributed by atoms with Gasteiger partial charge in [-0.25, -0.2) is 8.42 Å². The monoisotopic (exact) mass is 389 g/mol. The van der Waals surface area contributed by atoms with Crippen LogP contribution in [0.25, 0.3) is 0 Å². The van der Waals surface area contributed by atoms with Gasteiger partial charge in [-0.2, -0.15) is 5.10 Å². The molecule has 27 heavy (non-hydrogen) atoms. The average molecular weight is 389 g/mol. The maximum Gasteiger partial charge on any atom is 0.276 e. The zero-order valence-corrected chi connectivity index (χ0v) is 16.1. The van der Waals surface area contributed by atoms with Crippen molar-refractivity contribution >= 4 is 21.4 Å². The minimum Gasteiger partial charge on any atom is -0.497 e. The molecular weight excluding hydrogens is 366 g/mol. The minimum absolute atomic E-state index is 0.109. The number of carbonyl (C=O) groups excluding carboxylic acids is 1. The molecule has 1 aliphatic carbocycles. The van der Waals surface area contributed by atoms with Crippen LogP contribution in [0, 0.1) is 0 Å². The molecule has 8 heteroatoms. The summed E-state index contributed by atoms with van der Waals surface area (Å²) in [6.07, 6.45) is 4.25. The number of sulfone groups is 1. The summed E-state index contributed by atoms with van der Waals surface area (Å²) in [5, 5.41) is 7.48. The van der Waals surface area contributed by atoms with Gasteiger partial charge in [0.25, 0.3) is 5.91 Å². The van der Waals surface area contributed by atoms with Gasteiger partial charge in [-0.05, 0) is 44.2 Å². The number of aromatic nitrogens is 2. The van der Waals surface area contributed by atoms with E-state index >= 15 is 0 Å². The molecule has 1 aliphatic heterocycles. The van der Waals surface area contributed by atoms with Crippen molar-refractivity contribution in [3.8, 4) is 5.75 Å². The highest BCUT2D eigenvalue weighted by molar-refractivity contribution is 7.91. The number of anilines is 1. The van der Waals surface area contributed by atoms with Crippen LogP contribution >= 0.6 is 0 Å². The molecule has 2 aromatic rings. The molecule has 4 rings (SSSR count). The van der Waals surface area contributed by atoms with E-state index in [9.17, 15) is 13.2 Å². The number of amides is 1. The van der Waals surface area contributed by atoms with Crippen LogP contribution in [-0.2, 0) is 22.7 Å². The summed E-state index contributed by atoms with van der Waals surface area (Å²) in [6, 6.07) is 7.01. The molecule has 0 saturated carbocycles. The second kappa shape index (κ2) is 6.99. The summed E-state index contributed by atoms with van der Waals surface area (Å²) in [7, 11) is -1.43. The van der Waals surface area contributed by atoms with Gasteiger partial charge in [0.1, 0.15) is 5.75 Å². The molecule has 1 saturated heterocycles. The lowest BCUT2D eigenvalue weighted by Gasteiger charge is -2.17. The Labute approximate surface area is 158 Å². The Kier molecular flexibility index (Phi) is 4.67. The number of fused-ring (bicyclic) bond motifs is 1. The lowest BCUT2D eigenvalue weighted by atomic mass is 9.95. The number of benzene rings is 1. The van der Waals surface area contributed by atoms with Crippen LogP contribution in [0.3, 0.4) is 0 Å². The maximum atomic E-state index is 12.9. The van der Waals surface area contributed by atoms with E-state index in [1.165, 1.54) is 0 Å². The highest BCUT2D eigenvalue weighted by atomic mass is 32.2. The van der Waals surface area contributed by atoms with Crippen molar-refractivity contribution < 1.29 is 17.9 Å². The number of carbonyl (C=O) groups is 1. The standard InChI is InChI=1S/C19H23N3O4S/c1-26-15-6-4-5-13(11-15)20-19(23)18-16-7-2-3-8-17(16)22(21-18)14-9-10-27(24,25)12-14/h4-6,11,14H,2-3,7-10,12H2,1H3,(H,20,23). The van der Waals surface area contributed by atoms with Crippen LogP contribution in [0.4, 0.5) is 5.69 Å². The van der Waals surface area contributed by atoms with Gasteiger partial charge < -0.3 is 10.1 Å². The molecule has 2 aliphatic rings. The van der Waals surface area contributed by atoms with E-state index in [0.717, 1.165) is 36.9 Å². The summed E-state index contributed by atoms with van der Waals surface area (Å²) in [6.45, 7) is 0. The molecule has 1 N–H and O–H groups in total. The highest BCUT2D eigenvalue weighted by Gasteiger charge is 2.34. The molecule has 1 aromatic heterocycles. The molecular formula is C19H23N3O4S. The second-order valence-corrected chi connectivity index (χ2v) is 9.40. The summed E-state index contributed by atoms with van der Waals surface area (Å²) < 4.78 is 30.8. The first-order valence-electron chi connectivity index (χ1n) is 9.23. The molecule has 1 aromatic carbocycles. The number of hydrogen-bond acceptors (Lipinski definition) is 5.